The molecule has 5 rings (SSSR count). The predicted molar refractivity (Wildman–Crippen MR) is 148 cm³/mol. The normalized spacial score (nSPS) is 24.1. The Morgan fingerprint density at radius 2 is 1.72 bits per heavy atom. The molecule has 0 radical (unpaired) electrons. The lowest BCUT2D eigenvalue weighted by molar-refractivity contribution is -0.142. The van der Waals surface area contributed by atoms with Crippen LogP contribution >= 0.6 is 0 Å². The van der Waals surface area contributed by atoms with Crippen LogP contribution in [0.5, 0.6) is 0 Å². The topological polar surface area (TPSA) is 79.6 Å². The summed E-state index contributed by atoms with van der Waals surface area (Å²) >= 11 is 0. The van der Waals surface area contributed by atoms with E-state index < -0.39 is 12.0 Å². The Labute approximate surface area is 228 Å². The van der Waals surface area contributed by atoms with Gasteiger partial charge in [-0.25, -0.2) is 4.79 Å². The molecule has 1 amide bonds. The molecule has 1 aliphatic carbocycles. The summed E-state index contributed by atoms with van der Waals surface area (Å²) < 4.78 is 14.8. The van der Waals surface area contributed by atoms with Crippen LogP contribution in [0, 0.1) is 17.8 Å². The largest absolute Gasteiger partial charge is 0.477 e. The van der Waals surface area contributed by atoms with Gasteiger partial charge in [0.25, 0.3) is 0 Å². The molecule has 39 heavy (non-hydrogen) atoms. The van der Waals surface area contributed by atoms with Gasteiger partial charge in [0.2, 0.25) is 5.91 Å². The lowest BCUT2D eigenvalue weighted by atomic mass is 9.76. The Morgan fingerprint density at radius 3 is 2.38 bits per heavy atom. The van der Waals surface area contributed by atoms with Gasteiger partial charge in [-0.2, -0.15) is 0 Å². The number of alkyl halides is 1. The highest BCUT2D eigenvalue weighted by Gasteiger charge is 2.44. The fourth-order valence-corrected chi connectivity index (χ4v) is 6.80. The molecule has 1 aromatic heterocycles. The maximum Gasteiger partial charge on any atom is 0.352 e. The number of aromatic nitrogens is 1. The van der Waals surface area contributed by atoms with Crippen LogP contribution in [0.25, 0.3) is 10.9 Å². The Bertz CT molecular complexity index is 1360. The summed E-state index contributed by atoms with van der Waals surface area (Å²) in [4.78, 5) is 41.2. The van der Waals surface area contributed by atoms with E-state index >= 15 is 0 Å². The number of nitrogens with zero attached hydrogens (tertiary/aromatic N) is 2. The van der Waals surface area contributed by atoms with Crippen molar-refractivity contribution in [3.63, 3.8) is 0 Å². The van der Waals surface area contributed by atoms with Gasteiger partial charge in [-0.05, 0) is 73.3 Å². The van der Waals surface area contributed by atoms with Gasteiger partial charge in [0.1, 0.15) is 5.69 Å². The number of rotatable bonds is 8. The summed E-state index contributed by atoms with van der Waals surface area (Å²) in [5.74, 6) is -0.770. The molecule has 3 aromatic rings. The number of ketones is 1. The van der Waals surface area contributed by atoms with E-state index in [4.69, 9.17) is 0 Å². The van der Waals surface area contributed by atoms with Gasteiger partial charge in [-0.3, -0.25) is 14.0 Å². The third-order valence-electron chi connectivity index (χ3n) is 9.11. The van der Waals surface area contributed by atoms with Crippen LogP contribution in [0.15, 0.2) is 54.6 Å². The van der Waals surface area contributed by atoms with Gasteiger partial charge >= 0.3 is 5.97 Å². The van der Waals surface area contributed by atoms with Crippen molar-refractivity contribution in [2.24, 2.45) is 24.8 Å². The molecule has 2 fully saturated rings. The van der Waals surface area contributed by atoms with E-state index in [0.29, 0.717) is 12.5 Å². The molecule has 1 N–H and O–H groups in total. The number of hydrogen-bond donors (Lipinski definition) is 1. The maximum atomic E-state index is 14.0. The number of Topliss-reactive ketones (excluding diaryl/α,β-unsaturated/α-hetero) is 1. The second-order valence-electron chi connectivity index (χ2n) is 11.5. The molecule has 2 aromatic carbocycles. The minimum Gasteiger partial charge on any atom is -0.477 e. The van der Waals surface area contributed by atoms with Gasteiger partial charge in [-0.15, -0.1) is 0 Å². The Hall–Kier alpha value is -3.48. The number of fused-ring (bicyclic) bond motifs is 1. The number of carbonyl (C=O) groups excluding carboxylic acids is 2. The average Bonchev–Trinajstić information content (AvgIpc) is 3.54. The van der Waals surface area contributed by atoms with Gasteiger partial charge in [0, 0.05) is 42.8 Å². The van der Waals surface area contributed by atoms with E-state index in [2.05, 4.69) is 0 Å². The summed E-state index contributed by atoms with van der Waals surface area (Å²) in [6.45, 7) is 2.17. The number of carbonyl (C=O) groups is 3. The molecule has 1 saturated heterocycles. The second kappa shape index (κ2) is 11.3. The number of amides is 1. The highest BCUT2D eigenvalue weighted by molar-refractivity contribution is 5.96. The van der Waals surface area contributed by atoms with Crippen LogP contribution in [0.3, 0.4) is 0 Å². The third-order valence-corrected chi connectivity index (χ3v) is 9.11. The van der Waals surface area contributed by atoms with Crippen molar-refractivity contribution in [3.05, 3.63) is 71.4 Å². The molecule has 6 nitrogen and oxygen atoms in total. The van der Waals surface area contributed by atoms with Crippen molar-refractivity contribution < 1.29 is 23.9 Å². The smallest absolute Gasteiger partial charge is 0.352 e. The Kier molecular flexibility index (Phi) is 7.87. The SMILES string of the molecule is CC(CF)C1CCC(C(=O)N2CC[C@@H](c3ccccc3)[C@H]2C(=O)Cc2ccc3c(c2)cc(C(=O)O)n3C)CC1. The van der Waals surface area contributed by atoms with Gasteiger partial charge < -0.3 is 14.6 Å². The number of carboxylic acid groups (broad SMARTS) is 1. The Morgan fingerprint density at radius 1 is 1.00 bits per heavy atom. The summed E-state index contributed by atoms with van der Waals surface area (Å²) in [6, 6.07) is 16.7. The van der Waals surface area contributed by atoms with Crippen molar-refractivity contribution in [1.82, 2.24) is 9.47 Å². The standard InChI is InChI=1S/C32H37FN2O4/c1-20(19-33)22-9-11-24(12-10-22)31(37)35-15-14-26(23-6-4-3-5-7-23)30(35)29(36)17-21-8-13-27-25(16-21)18-28(32(38)39)34(27)2/h3-8,13,16,18,20,22,24,26,30H,9-12,14-15,17,19H2,1-2H3,(H,38,39)/t20?,22?,24?,26-,30-/m0/s1. The zero-order valence-electron chi connectivity index (χ0n) is 22.7. The molecule has 0 bridgehead atoms. The zero-order chi connectivity index (χ0) is 27.7. The summed E-state index contributed by atoms with van der Waals surface area (Å²) in [6.07, 6.45) is 4.11. The summed E-state index contributed by atoms with van der Waals surface area (Å²) in [5.41, 5.74) is 2.86. The molecule has 1 saturated carbocycles. The van der Waals surface area contributed by atoms with E-state index in [1.54, 1.807) is 17.7 Å². The van der Waals surface area contributed by atoms with Gasteiger partial charge in [0.15, 0.2) is 5.78 Å². The van der Waals surface area contributed by atoms with Crippen molar-refractivity contribution in [1.29, 1.82) is 0 Å². The number of aryl methyl sites for hydroxylation is 1. The highest BCUT2D eigenvalue weighted by atomic mass is 19.1. The first-order valence-corrected chi connectivity index (χ1v) is 14.0. The van der Waals surface area contributed by atoms with Crippen molar-refractivity contribution in [2.45, 2.75) is 57.4 Å². The first kappa shape index (κ1) is 27.1. The van der Waals surface area contributed by atoms with Crippen LogP contribution in [-0.2, 0) is 23.1 Å². The maximum absolute atomic E-state index is 14.0. The van der Waals surface area contributed by atoms with Crippen LogP contribution in [-0.4, -0.2) is 51.5 Å². The fraction of sp³-hybridized carbons (Fsp3) is 0.469. The molecule has 1 aliphatic heterocycles. The Balaban J connectivity index is 1.38. The lowest BCUT2D eigenvalue weighted by Crippen LogP contribution is -2.46. The molecule has 2 aliphatic rings. The number of likely N-dealkylation sites (tertiary alicyclic amines) is 1. The molecular formula is C32H37FN2O4. The number of halogens is 1. The third kappa shape index (κ3) is 5.36. The second-order valence-corrected chi connectivity index (χ2v) is 11.5. The number of carboxylic acids is 1. The predicted octanol–water partition coefficient (Wildman–Crippen LogP) is 5.78. The number of aromatic carboxylic acids is 1. The number of benzene rings is 2. The van der Waals surface area contributed by atoms with Crippen molar-refractivity contribution in [3.8, 4) is 0 Å². The van der Waals surface area contributed by atoms with E-state index in [0.717, 1.165) is 54.1 Å². The van der Waals surface area contributed by atoms with Crippen LogP contribution < -0.4 is 0 Å². The zero-order valence-corrected chi connectivity index (χ0v) is 22.7. The monoisotopic (exact) mass is 532 g/mol. The quantitative estimate of drug-likeness (QED) is 0.399. The van der Waals surface area contributed by atoms with E-state index in [9.17, 15) is 23.9 Å². The molecular weight excluding hydrogens is 495 g/mol. The van der Waals surface area contributed by atoms with E-state index in [1.807, 2.05) is 60.4 Å². The van der Waals surface area contributed by atoms with Crippen LogP contribution in [0.4, 0.5) is 4.39 Å². The van der Waals surface area contributed by atoms with Crippen LogP contribution in [0.1, 0.15) is 66.6 Å². The first-order valence-electron chi connectivity index (χ1n) is 14.0. The molecule has 206 valence electrons. The van der Waals surface area contributed by atoms with Crippen molar-refractivity contribution >= 4 is 28.6 Å². The minimum absolute atomic E-state index is 0.00294. The lowest BCUT2D eigenvalue weighted by Gasteiger charge is -2.35. The molecule has 0 spiro atoms. The van der Waals surface area contributed by atoms with Gasteiger partial charge in [0.05, 0.1) is 12.7 Å². The highest BCUT2D eigenvalue weighted by Crippen LogP contribution is 2.39. The van der Waals surface area contributed by atoms with Gasteiger partial charge in [-0.1, -0.05) is 43.3 Å². The molecule has 1 unspecified atom stereocenters. The van der Waals surface area contributed by atoms with E-state index in [-0.39, 0.29) is 48.2 Å². The molecule has 2 heterocycles. The summed E-state index contributed by atoms with van der Waals surface area (Å²) in [7, 11) is 1.72. The summed E-state index contributed by atoms with van der Waals surface area (Å²) in [5, 5.41) is 10.3. The molecule has 3 atom stereocenters. The average molecular weight is 533 g/mol. The van der Waals surface area contributed by atoms with E-state index in [1.165, 1.54) is 0 Å². The fourth-order valence-electron chi connectivity index (χ4n) is 6.80. The van der Waals surface area contributed by atoms with Crippen molar-refractivity contribution in [2.75, 3.05) is 13.2 Å². The number of hydrogen-bond acceptors (Lipinski definition) is 3. The molecule has 7 heteroatoms. The first-order chi connectivity index (χ1) is 18.8. The van der Waals surface area contributed by atoms with Crippen LogP contribution in [0.2, 0.25) is 0 Å². The minimum atomic E-state index is -0.995.